The first-order chi connectivity index (χ1) is 8.25. The predicted octanol–water partition coefficient (Wildman–Crippen LogP) is 3.12. The van der Waals surface area contributed by atoms with Crippen LogP contribution in [0.15, 0.2) is 44.1 Å². The van der Waals surface area contributed by atoms with E-state index in [1.165, 1.54) is 18.1 Å². The van der Waals surface area contributed by atoms with Gasteiger partial charge in [0.15, 0.2) is 0 Å². The van der Waals surface area contributed by atoms with Gasteiger partial charge < -0.3 is 0 Å². The van der Waals surface area contributed by atoms with Crippen molar-refractivity contribution in [2.24, 2.45) is 15.9 Å². The molecule has 0 aromatic heterocycles. The summed E-state index contributed by atoms with van der Waals surface area (Å²) in [5, 5.41) is 2.81. The Morgan fingerprint density at radius 1 is 1.24 bits per heavy atom. The molecule has 17 heavy (non-hydrogen) atoms. The van der Waals surface area contributed by atoms with Crippen LogP contribution in [0.25, 0.3) is 5.57 Å². The van der Waals surface area contributed by atoms with Crippen molar-refractivity contribution in [3.8, 4) is 0 Å². The van der Waals surface area contributed by atoms with Gasteiger partial charge in [0.25, 0.3) is 5.91 Å². The highest BCUT2D eigenvalue weighted by Crippen LogP contribution is 2.39. The Kier molecular flexibility index (Phi) is 2.72. The first kappa shape index (κ1) is 10.9. The summed E-state index contributed by atoms with van der Waals surface area (Å²) in [6.07, 6.45) is 1.33. The summed E-state index contributed by atoms with van der Waals surface area (Å²) in [6.45, 7) is 0. The molecule has 0 bridgehead atoms. The fourth-order valence-electron chi connectivity index (χ4n) is 1.83. The van der Waals surface area contributed by atoms with E-state index in [0.717, 1.165) is 20.7 Å². The lowest BCUT2D eigenvalue weighted by atomic mass is 9.94. The number of thioether (sulfide) groups is 1. The number of benzene rings is 1. The molecule has 5 heteroatoms. The van der Waals surface area contributed by atoms with Gasteiger partial charge >= 0.3 is 0 Å². The van der Waals surface area contributed by atoms with Gasteiger partial charge in [0, 0.05) is 4.47 Å². The van der Waals surface area contributed by atoms with Crippen LogP contribution in [0.5, 0.6) is 0 Å². The molecule has 0 spiro atoms. The van der Waals surface area contributed by atoms with Crippen LogP contribution in [0, 0.1) is 5.92 Å². The number of nitrogens with zero attached hydrogens (tertiary/aromatic N) is 2. The van der Waals surface area contributed by atoms with E-state index >= 15 is 0 Å². The van der Waals surface area contributed by atoms with Crippen LogP contribution in [-0.4, -0.2) is 17.3 Å². The minimum absolute atomic E-state index is 0.130. The Hall–Kier alpha value is -1.20. The second kappa shape index (κ2) is 4.23. The van der Waals surface area contributed by atoms with Crippen LogP contribution in [-0.2, 0) is 4.79 Å². The van der Waals surface area contributed by atoms with Crippen LogP contribution in [0.2, 0.25) is 0 Å². The van der Waals surface area contributed by atoms with Gasteiger partial charge in [-0.15, -0.1) is 0 Å². The summed E-state index contributed by atoms with van der Waals surface area (Å²) in [4.78, 5) is 19.7. The molecule has 0 radical (unpaired) electrons. The van der Waals surface area contributed by atoms with Crippen LogP contribution >= 0.6 is 27.7 Å². The van der Waals surface area contributed by atoms with Crippen molar-refractivity contribution in [3.05, 3.63) is 39.7 Å². The van der Waals surface area contributed by atoms with Crippen LogP contribution in [0.4, 0.5) is 0 Å². The number of hydrogen-bond donors (Lipinski definition) is 0. The summed E-state index contributed by atoms with van der Waals surface area (Å²) < 4.78 is 1.02. The molecule has 84 valence electrons. The van der Waals surface area contributed by atoms with Gasteiger partial charge in [0.2, 0.25) is 0 Å². The highest BCUT2D eigenvalue weighted by atomic mass is 79.9. The molecule has 1 amide bonds. The Bertz CT molecular complexity index is 575. The first-order valence-electron chi connectivity index (χ1n) is 5.02. The van der Waals surface area contributed by atoms with Gasteiger partial charge in [-0.1, -0.05) is 39.8 Å². The molecule has 3 rings (SSSR count). The summed E-state index contributed by atoms with van der Waals surface area (Å²) in [5.74, 6) is -0.430. The van der Waals surface area contributed by atoms with E-state index in [4.69, 9.17) is 0 Å². The summed E-state index contributed by atoms with van der Waals surface area (Å²) >= 11 is 4.90. The minimum atomic E-state index is -0.300. The van der Waals surface area contributed by atoms with Gasteiger partial charge in [-0.25, -0.2) is 9.98 Å². The average Bonchev–Trinajstić information content (AvgIpc) is 2.75. The normalized spacial score (nSPS) is 22.2. The lowest BCUT2D eigenvalue weighted by Crippen LogP contribution is -2.21. The van der Waals surface area contributed by atoms with Gasteiger partial charge in [-0.2, -0.15) is 0 Å². The topological polar surface area (TPSA) is 41.8 Å². The lowest BCUT2D eigenvalue weighted by molar-refractivity contribution is -0.118. The van der Waals surface area contributed by atoms with E-state index in [1.807, 2.05) is 29.7 Å². The van der Waals surface area contributed by atoms with Gasteiger partial charge in [-0.05, 0) is 28.7 Å². The SMILES string of the molecule is O=C1N=CN=C2SC=C(c3ccc(Br)cc3)C12. The predicted molar refractivity (Wildman–Crippen MR) is 74.1 cm³/mol. The molecule has 0 fully saturated rings. The quantitative estimate of drug-likeness (QED) is 0.800. The molecule has 2 heterocycles. The molecular weight excluding hydrogens is 300 g/mol. The van der Waals surface area contributed by atoms with Crippen molar-refractivity contribution in [1.82, 2.24) is 0 Å². The number of carbonyl (C=O) groups is 1. The van der Waals surface area contributed by atoms with Crippen molar-refractivity contribution in [1.29, 1.82) is 0 Å². The number of hydrogen-bond acceptors (Lipinski definition) is 3. The lowest BCUT2D eigenvalue weighted by Gasteiger charge is -2.13. The highest BCUT2D eigenvalue weighted by Gasteiger charge is 2.35. The number of rotatable bonds is 1. The van der Waals surface area contributed by atoms with Crippen LogP contribution < -0.4 is 0 Å². The van der Waals surface area contributed by atoms with Crippen molar-refractivity contribution in [2.75, 3.05) is 0 Å². The van der Waals surface area contributed by atoms with Crippen molar-refractivity contribution in [3.63, 3.8) is 0 Å². The molecule has 1 unspecified atom stereocenters. The smallest absolute Gasteiger partial charge is 0.261 e. The average molecular weight is 307 g/mol. The number of carbonyl (C=O) groups excluding carboxylic acids is 1. The molecule has 1 aromatic carbocycles. The summed E-state index contributed by atoms with van der Waals surface area (Å²) in [6, 6.07) is 7.91. The Morgan fingerprint density at radius 2 is 2.00 bits per heavy atom. The molecule has 1 atom stereocenters. The molecule has 0 aliphatic carbocycles. The third-order valence-electron chi connectivity index (χ3n) is 2.66. The van der Waals surface area contributed by atoms with E-state index in [9.17, 15) is 4.79 Å². The fourth-order valence-corrected chi connectivity index (χ4v) is 3.09. The second-order valence-electron chi connectivity index (χ2n) is 3.68. The Labute approximate surface area is 111 Å². The zero-order valence-electron chi connectivity index (χ0n) is 8.63. The minimum Gasteiger partial charge on any atom is -0.271 e. The van der Waals surface area contributed by atoms with E-state index in [0.29, 0.717) is 0 Å². The van der Waals surface area contributed by atoms with Gasteiger partial charge in [0.1, 0.15) is 12.3 Å². The second-order valence-corrected chi connectivity index (χ2v) is 5.49. The van der Waals surface area contributed by atoms with E-state index in [-0.39, 0.29) is 11.8 Å². The molecule has 2 aliphatic heterocycles. The summed E-state index contributed by atoms with van der Waals surface area (Å²) in [5.41, 5.74) is 2.03. The maximum absolute atomic E-state index is 11.8. The number of amides is 1. The van der Waals surface area contributed by atoms with Crippen molar-refractivity contribution < 1.29 is 4.79 Å². The zero-order chi connectivity index (χ0) is 11.8. The van der Waals surface area contributed by atoms with Crippen LogP contribution in [0.1, 0.15) is 5.56 Å². The molecule has 2 aliphatic rings. The number of aliphatic imine (C=N–C) groups is 2. The largest absolute Gasteiger partial charge is 0.271 e. The van der Waals surface area contributed by atoms with Gasteiger partial charge in [-0.3, -0.25) is 4.79 Å². The fraction of sp³-hybridized carbons (Fsp3) is 0.0833. The molecule has 1 aromatic rings. The third-order valence-corrected chi connectivity index (χ3v) is 4.14. The molecule has 0 saturated heterocycles. The maximum Gasteiger partial charge on any atom is 0.261 e. The standard InChI is InChI=1S/C12H7BrN2OS/c13-8-3-1-7(2-4-8)9-5-17-12-10(9)11(16)14-6-15-12/h1-6,10H. The van der Waals surface area contributed by atoms with Crippen molar-refractivity contribution >= 4 is 50.6 Å². The number of halogens is 1. The first-order valence-corrected chi connectivity index (χ1v) is 6.70. The van der Waals surface area contributed by atoms with Crippen molar-refractivity contribution in [2.45, 2.75) is 0 Å². The molecule has 3 nitrogen and oxygen atoms in total. The van der Waals surface area contributed by atoms with Crippen LogP contribution in [0.3, 0.4) is 0 Å². The van der Waals surface area contributed by atoms with E-state index < -0.39 is 0 Å². The molecule has 0 N–H and O–H groups in total. The monoisotopic (exact) mass is 306 g/mol. The van der Waals surface area contributed by atoms with E-state index in [2.05, 4.69) is 25.9 Å². The maximum atomic E-state index is 11.8. The third kappa shape index (κ3) is 1.89. The van der Waals surface area contributed by atoms with Gasteiger partial charge in [0.05, 0.1) is 5.04 Å². The zero-order valence-corrected chi connectivity index (χ0v) is 11.0. The molecule has 0 saturated carbocycles. The highest BCUT2D eigenvalue weighted by molar-refractivity contribution is 9.10. The van der Waals surface area contributed by atoms with E-state index in [1.54, 1.807) is 0 Å². The number of fused-ring (bicyclic) bond motifs is 1. The molecular formula is C12H7BrN2OS. The Balaban J connectivity index is 2.00. The Morgan fingerprint density at radius 3 is 2.76 bits per heavy atom. The summed E-state index contributed by atoms with van der Waals surface area (Å²) in [7, 11) is 0.